The first-order valence-electron chi connectivity index (χ1n) is 8.76. The van der Waals surface area contributed by atoms with E-state index in [-0.39, 0.29) is 4.34 Å². The fourth-order valence-corrected chi connectivity index (χ4v) is 5.55. The summed E-state index contributed by atoms with van der Waals surface area (Å²) in [6, 6.07) is 14.2. The van der Waals surface area contributed by atoms with Crippen LogP contribution in [0, 0.1) is 0 Å². The Morgan fingerprint density at radius 3 is 2.76 bits per heavy atom. The molecule has 0 spiro atoms. The minimum atomic E-state index is -3.79. The first-order valence-corrected chi connectivity index (χ1v) is 11.5. The second-order valence-corrected chi connectivity index (χ2v) is 9.92. The number of fused-ring (bicyclic) bond motifs is 2. The lowest BCUT2D eigenvalue weighted by Crippen LogP contribution is -2.25. The van der Waals surface area contributed by atoms with Crippen LogP contribution in [0.4, 0.5) is 0 Å². The summed E-state index contributed by atoms with van der Waals surface area (Å²) in [5, 5.41) is 6.50. The van der Waals surface area contributed by atoms with Crippen LogP contribution in [0.25, 0.3) is 27.0 Å². The van der Waals surface area contributed by atoms with Crippen molar-refractivity contribution in [1.82, 2.24) is 19.3 Å². The Morgan fingerprint density at radius 1 is 1.14 bits per heavy atom. The minimum absolute atomic E-state index is 0.0357. The molecule has 0 fully saturated rings. The Hall–Kier alpha value is -2.88. The molecule has 1 N–H and O–H groups in total. The highest BCUT2D eigenvalue weighted by Crippen LogP contribution is 2.27. The molecule has 0 saturated heterocycles. The third-order valence-corrected chi connectivity index (χ3v) is 7.49. The first-order chi connectivity index (χ1) is 14.0. The van der Waals surface area contributed by atoms with Crippen molar-refractivity contribution >= 4 is 54.2 Å². The maximum absolute atomic E-state index is 12.7. The zero-order valence-corrected chi connectivity index (χ0v) is 17.4. The maximum atomic E-state index is 12.7. The molecule has 4 aromatic rings. The van der Waals surface area contributed by atoms with Gasteiger partial charge in [-0.3, -0.25) is 4.72 Å². The molecular weight excluding hydrogens is 424 g/mol. The van der Waals surface area contributed by atoms with E-state index in [0.717, 1.165) is 33.4 Å². The van der Waals surface area contributed by atoms with Crippen molar-refractivity contribution in [2.45, 2.75) is 10.8 Å². The molecule has 2 aromatic heterocycles. The molecule has 0 bridgehead atoms. The molecule has 0 atom stereocenters. The average Bonchev–Trinajstić information content (AvgIpc) is 3.27. The number of thiocarbonyl (C=S) groups is 1. The molecule has 1 aliphatic carbocycles. The lowest BCUT2D eigenvalue weighted by molar-refractivity contribution is 0.585. The second kappa shape index (κ2) is 6.87. The van der Waals surface area contributed by atoms with Crippen LogP contribution < -0.4 is 4.72 Å². The third-order valence-electron chi connectivity index (χ3n) is 4.51. The maximum Gasteiger partial charge on any atom is 0.290 e. The van der Waals surface area contributed by atoms with E-state index >= 15 is 0 Å². The molecule has 144 valence electrons. The zero-order valence-electron chi connectivity index (χ0n) is 14.9. The third kappa shape index (κ3) is 3.48. The van der Waals surface area contributed by atoms with Gasteiger partial charge in [0.25, 0.3) is 14.4 Å². The number of hydrogen-bond acceptors (Lipinski definition) is 6. The van der Waals surface area contributed by atoms with E-state index < -0.39 is 10.0 Å². The molecule has 1 aliphatic rings. The topological polar surface area (TPSA) is 76.4 Å². The van der Waals surface area contributed by atoms with Crippen LogP contribution in [0.5, 0.6) is 0 Å². The first kappa shape index (κ1) is 18.2. The molecular formula is C20H14N4O2S3. The van der Waals surface area contributed by atoms with Gasteiger partial charge in [0.1, 0.15) is 0 Å². The highest BCUT2D eigenvalue weighted by atomic mass is 32.2. The molecule has 9 heteroatoms. The summed E-state index contributed by atoms with van der Waals surface area (Å²) < 4.78 is 29.4. The van der Waals surface area contributed by atoms with E-state index in [0.29, 0.717) is 21.9 Å². The Balaban J connectivity index is 1.46. The van der Waals surface area contributed by atoms with Gasteiger partial charge in [0.15, 0.2) is 0 Å². The Morgan fingerprint density at radius 2 is 1.97 bits per heavy atom. The summed E-state index contributed by atoms with van der Waals surface area (Å²) in [4.78, 5) is 5.76. The number of aromatic nitrogens is 3. The standard InChI is InChI=1S/C20H14N4O2S3/c25-29(26,23-16-6-3-7-17(27)11-16)20-22-24-12-18(21-19(24)28-20)15-9-8-13-4-1-2-5-14(13)10-15/h1-10,12,23H,11H2. The van der Waals surface area contributed by atoms with Gasteiger partial charge in [-0.25, -0.2) is 9.50 Å². The summed E-state index contributed by atoms with van der Waals surface area (Å²) in [5.74, 6) is 0. The predicted molar refractivity (Wildman–Crippen MR) is 119 cm³/mol. The van der Waals surface area contributed by atoms with E-state index in [1.165, 1.54) is 4.52 Å². The van der Waals surface area contributed by atoms with Crippen molar-refractivity contribution in [3.63, 3.8) is 0 Å². The number of sulfonamides is 1. The van der Waals surface area contributed by atoms with E-state index in [1.807, 2.05) is 30.3 Å². The van der Waals surface area contributed by atoms with Crippen molar-refractivity contribution in [2.24, 2.45) is 0 Å². The van der Waals surface area contributed by atoms with E-state index in [4.69, 9.17) is 12.2 Å². The summed E-state index contributed by atoms with van der Waals surface area (Å²) in [7, 11) is -3.79. The molecule has 29 heavy (non-hydrogen) atoms. The smallest absolute Gasteiger partial charge is 0.281 e. The van der Waals surface area contributed by atoms with Crippen LogP contribution >= 0.6 is 23.6 Å². The normalized spacial score (nSPS) is 14.5. The number of benzene rings is 2. The summed E-state index contributed by atoms with van der Waals surface area (Å²) in [5.41, 5.74) is 2.23. The number of hydrogen-bond donors (Lipinski definition) is 1. The van der Waals surface area contributed by atoms with Gasteiger partial charge in [0.05, 0.1) is 11.9 Å². The lowest BCUT2D eigenvalue weighted by atomic mass is 10.1. The van der Waals surface area contributed by atoms with E-state index in [1.54, 1.807) is 24.4 Å². The van der Waals surface area contributed by atoms with E-state index in [2.05, 4.69) is 26.9 Å². The Labute approximate surface area is 176 Å². The number of nitrogens with one attached hydrogen (secondary N) is 1. The number of nitrogens with zero attached hydrogens (tertiary/aromatic N) is 3. The molecule has 2 aromatic carbocycles. The monoisotopic (exact) mass is 438 g/mol. The summed E-state index contributed by atoms with van der Waals surface area (Å²) in [6.45, 7) is 0. The number of imidazole rings is 1. The van der Waals surface area contributed by atoms with Crippen LogP contribution in [-0.4, -0.2) is 27.9 Å². The second-order valence-electron chi connectivity index (χ2n) is 6.58. The quantitative estimate of drug-likeness (QED) is 0.486. The van der Waals surface area contributed by atoms with Crippen molar-refractivity contribution < 1.29 is 8.42 Å². The van der Waals surface area contributed by atoms with Gasteiger partial charge in [-0.05, 0) is 29.0 Å². The van der Waals surface area contributed by atoms with Gasteiger partial charge in [-0.15, -0.1) is 5.10 Å². The van der Waals surface area contributed by atoms with Crippen molar-refractivity contribution in [2.75, 3.05) is 0 Å². The molecule has 0 amide bonds. The van der Waals surface area contributed by atoms with Crippen LogP contribution in [0.3, 0.4) is 0 Å². The van der Waals surface area contributed by atoms with Crippen molar-refractivity contribution in [3.8, 4) is 11.3 Å². The highest BCUT2D eigenvalue weighted by Gasteiger charge is 2.23. The molecule has 0 saturated carbocycles. The molecule has 2 heterocycles. The molecule has 0 radical (unpaired) electrons. The Kier molecular flexibility index (Phi) is 4.30. The summed E-state index contributed by atoms with van der Waals surface area (Å²) >= 11 is 6.15. The number of allylic oxidation sites excluding steroid dienone is 4. The molecule has 5 rings (SSSR count). The van der Waals surface area contributed by atoms with Crippen LogP contribution in [0.15, 0.2) is 76.9 Å². The van der Waals surface area contributed by atoms with Gasteiger partial charge in [0.2, 0.25) is 4.96 Å². The van der Waals surface area contributed by atoms with Gasteiger partial charge in [0, 0.05) is 22.5 Å². The minimum Gasteiger partial charge on any atom is -0.281 e. The van der Waals surface area contributed by atoms with Crippen LogP contribution in [0.2, 0.25) is 0 Å². The van der Waals surface area contributed by atoms with E-state index in [9.17, 15) is 8.42 Å². The molecule has 0 aliphatic heterocycles. The van der Waals surface area contributed by atoms with Gasteiger partial charge in [-0.2, -0.15) is 8.42 Å². The Bertz CT molecular complexity index is 1410. The van der Waals surface area contributed by atoms with Gasteiger partial charge in [-0.1, -0.05) is 66.0 Å². The van der Waals surface area contributed by atoms with Gasteiger partial charge >= 0.3 is 0 Å². The molecule has 0 unspecified atom stereocenters. The lowest BCUT2D eigenvalue weighted by Gasteiger charge is -2.11. The largest absolute Gasteiger partial charge is 0.290 e. The SMILES string of the molecule is O=S(=O)(NC1=CC=CC(=S)C1)c1nn2cc(-c3ccc4ccccc4c3)nc2s1. The van der Waals surface area contributed by atoms with Crippen LogP contribution in [0.1, 0.15) is 6.42 Å². The average molecular weight is 439 g/mol. The summed E-state index contributed by atoms with van der Waals surface area (Å²) in [6.07, 6.45) is 7.34. The van der Waals surface area contributed by atoms with Crippen molar-refractivity contribution in [1.29, 1.82) is 0 Å². The molecule has 6 nitrogen and oxygen atoms in total. The highest BCUT2D eigenvalue weighted by molar-refractivity contribution is 7.91. The fraction of sp³-hybridized carbons (Fsp3) is 0.0500. The zero-order chi connectivity index (χ0) is 20.0. The number of rotatable bonds is 4. The fourth-order valence-electron chi connectivity index (χ4n) is 3.14. The predicted octanol–water partition coefficient (Wildman–Crippen LogP) is 4.10. The van der Waals surface area contributed by atoms with Crippen molar-refractivity contribution in [3.05, 3.63) is 72.6 Å². The van der Waals surface area contributed by atoms with Gasteiger partial charge < -0.3 is 0 Å². The van der Waals surface area contributed by atoms with Crippen LogP contribution in [-0.2, 0) is 10.0 Å².